The molecule has 5 unspecified atom stereocenters. The van der Waals surface area contributed by atoms with Crippen LogP contribution in [0.5, 0.6) is 5.75 Å². The second-order valence-electron chi connectivity index (χ2n) is 5.12. The third kappa shape index (κ3) is 4.69. The Hall–Kier alpha value is -1.58. The molecule has 1 fully saturated rings. The first kappa shape index (κ1) is 19.5. The van der Waals surface area contributed by atoms with Crippen LogP contribution >= 0.6 is 12.4 Å². The normalized spacial score (nSPS) is 30.2. The second-order valence-corrected chi connectivity index (χ2v) is 5.12. The number of amides is 1. The Morgan fingerprint density at radius 1 is 1.30 bits per heavy atom. The molecule has 1 aliphatic heterocycles. The molecule has 0 spiro atoms. The monoisotopic (exact) mass is 348 g/mol. The van der Waals surface area contributed by atoms with Gasteiger partial charge in [-0.2, -0.15) is 0 Å². The predicted octanol–water partition coefficient (Wildman–Crippen LogP) is -0.987. The summed E-state index contributed by atoms with van der Waals surface area (Å²) in [4.78, 5) is 11.3. The van der Waals surface area contributed by atoms with Crippen molar-refractivity contribution in [1.29, 1.82) is 0 Å². The lowest BCUT2D eigenvalue weighted by atomic mass is 9.97. The van der Waals surface area contributed by atoms with Crippen molar-refractivity contribution in [1.82, 2.24) is 5.32 Å². The van der Waals surface area contributed by atoms with Gasteiger partial charge >= 0.3 is 0 Å². The summed E-state index contributed by atoms with van der Waals surface area (Å²) < 4.78 is 11.0. The van der Waals surface area contributed by atoms with Gasteiger partial charge in [0.1, 0.15) is 30.1 Å². The van der Waals surface area contributed by atoms with E-state index in [1.165, 1.54) is 6.92 Å². The number of ether oxygens (including phenoxy) is 2. The van der Waals surface area contributed by atoms with Gasteiger partial charge < -0.3 is 35.8 Å². The smallest absolute Gasteiger partial charge is 0.223 e. The molecule has 0 radical (unpaired) electrons. The van der Waals surface area contributed by atoms with E-state index in [0.29, 0.717) is 11.4 Å². The molecular weight excluding hydrogens is 328 g/mol. The first-order valence-electron chi connectivity index (χ1n) is 6.84. The molecule has 23 heavy (non-hydrogen) atoms. The number of hydrogen-bond acceptors (Lipinski definition) is 7. The van der Waals surface area contributed by atoms with Crippen LogP contribution in [0.15, 0.2) is 24.3 Å². The van der Waals surface area contributed by atoms with Crippen LogP contribution in [0.3, 0.4) is 0 Å². The van der Waals surface area contributed by atoms with E-state index < -0.39 is 43.2 Å². The van der Waals surface area contributed by atoms with Crippen molar-refractivity contribution >= 4 is 24.0 Å². The number of rotatable bonds is 4. The SMILES string of the molecule is CC(=O)NC1C(Oc2ccc(N)cc2)OC(CO)C(O)C1O.Cl. The minimum atomic E-state index is -1.34. The average molecular weight is 349 g/mol. The van der Waals surface area contributed by atoms with Gasteiger partial charge in [-0.05, 0) is 24.3 Å². The molecule has 1 heterocycles. The fraction of sp³-hybridized carbons (Fsp3) is 0.500. The lowest BCUT2D eigenvalue weighted by molar-refractivity contribution is -0.244. The minimum Gasteiger partial charge on any atom is -0.463 e. The number of aliphatic hydroxyl groups is 3. The molecule has 9 heteroatoms. The molecule has 0 saturated carbocycles. The van der Waals surface area contributed by atoms with Crippen LogP contribution in [0, 0.1) is 0 Å². The van der Waals surface area contributed by atoms with Crippen molar-refractivity contribution in [3.05, 3.63) is 24.3 Å². The Balaban J connectivity index is 0.00000264. The van der Waals surface area contributed by atoms with Crippen molar-refractivity contribution in [2.75, 3.05) is 12.3 Å². The maximum Gasteiger partial charge on any atom is 0.223 e. The molecular formula is C14H21ClN2O6. The van der Waals surface area contributed by atoms with Gasteiger partial charge in [-0.3, -0.25) is 4.79 Å². The number of halogens is 1. The van der Waals surface area contributed by atoms with E-state index in [1.807, 2.05) is 0 Å². The van der Waals surface area contributed by atoms with Crippen molar-refractivity contribution in [3.63, 3.8) is 0 Å². The summed E-state index contributed by atoms with van der Waals surface area (Å²) in [5, 5.41) is 31.7. The average Bonchev–Trinajstić information content (AvgIpc) is 2.48. The van der Waals surface area contributed by atoms with Crippen LogP contribution in [0.4, 0.5) is 5.69 Å². The molecule has 1 aliphatic rings. The third-order valence-electron chi connectivity index (χ3n) is 3.38. The lowest BCUT2D eigenvalue weighted by Crippen LogP contribution is -2.65. The molecule has 8 nitrogen and oxygen atoms in total. The summed E-state index contributed by atoms with van der Waals surface area (Å²) in [5.74, 6) is 0.00281. The van der Waals surface area contributed by atoms with Crippen LogP contribution in [-0.4, -0.2) is 58.5 Å². The molecule has 5 atom stereocenters. The Morgan fingerprint density at radius 2 is 1.91 bits per heavy atom. The fourth-order valence-corrected chi connectivity index (χ4v) is 2.25. The van der Waals surface area contributed by atoms with Gasteiger partial charge in [-0.15, -0.1) is 12.4 Å². The maximum atomic E-state index is 11.3. The highest BCUT2D eigenvalue weighted by Crippen LogP contribution is 2.24. The van der Waals surface area contributed by atoms with E-state index in [4.69, 9.17) is 15.2 Å². The van der Waals surface area contributed by atoms with Crippen molar-refractivity contribution in [3.8, 4) is 5.75 Å². The van der Waals surface area contributed by atoms with Crippen LogP contribution < -0.4 is 15.8 Å². The van der Waals surface area contributed by atoms with Gasteiger partial charge in [0.15, 0.2) is 0 Å². The number of anilines is 1. The van der Waals surface area contributed by atoms with Crippen molar-refractivity contribution in [2.24, 2.45) is 0 Å². The van der Waals surface area contributed by atoms with Gasteiger partial charge in [-0.25, -0.2) is 0 Å². The number of hydrogen-bond donors (Lipinski definition) is 5. The zero-order valence-electron chi connectivity index (χ0n) is 12.5. The first-order chi connectivity index (χ1) is 10.4. The standard InChI is InChI=1S/C14H20N2O6.ClH/c1-7(18)16-11-13(20)12(19)10(6-17)22-14(11)21-9-4-2-8(15)3-5-9;/h2-5,10-14,17,19-20H,6,15H2,1H3,(H,16,18);1H. The quantitative estimate of drug-likeness (QED) is 0.441. The Kier molecular flexibility index (Phi) is 7.04. The first-order valence-corrected chi connectivity index (χ1v) is 6.84. The van der Waals surface area contributed by atoms with Gasteiger partial charge in [0.25, 0.3) is 0 Å². The fourth-order valence-electron chi connectivity index (χ4n) is 2.25. The highest BCUT2D eigenvalue weighted by Gasteiger charge is 2.46. The van der Waals surface area contributed by atoms with Crippen LogP contribution in [0.2, 0.25) is 0 Å². The van der Waals surface area contributed by atoms with Gasteiger partial charge in [-0.1, -0.05) is 0 Å². The highest BCUT2D eigenvalue weighted by atomic mass is 35.5. The number of carbonyl (C=O) groups excluding carboxylic acids is 1. The van der Waals surface area contributed by atoms with E-state index >= 15 is 0 Å². The van der Waals surface area contributed by atoms with Gasteiger partial charge in [0, 0.05) is 12.6 Å². The van der Waals surface area contributed by atoms with Crippen molar-refractivity contribution < 1.29 is 29.6 Å². The molecule has 0 aromatic heterocycles. The summed E-state index contributed by atoms with van der Waals surface area (Å²) >= 11 is 0. The van der Waals surface area contributed by atoms with E-state index in [0.717, 1.165) is 0 Å². The Labute approximate surface area is 139 Å². The minimum absolute atomic E-state index is 0. The van der Waals surface area contributed by atoms with Crippen molar-refractivity contribution in [2.45, 2.75) is 37.6 Å². The van der Waals surface area contributed by atoms with Crippen LogP contribution in [0.25, 0.3) is 0 Å². The van der Waals surface area contributed by atoms with E-state index in [-0.39, 0.29) is 12.4 Å². The molecule has 1 aromatic carbocycles. The summed E-state index contributed by atoms with van der Waals surface area (Å²) in [7, 11) is 0. The molecule has 2 rings (SSSR count). The predicted molar refractivity (Wildman–Crippen MR) is 84.1 cm³/mol. The summed E-state index contributed by atoms with van der Waals surface area (Å²) in [5.41, 5.74) is 6.14. The number of aliphatic hydroxyl groups excluding tert-OH is 3. The number of nitrogens with one attached hydrogen (secondary N) is 1. The van der Waals surface area contributed by atoms with Gasteiger partial charge in [0.2, 0.25) is 12.2 Å². The van der Waals surface area contributed by atoms with E-state index in [9.17, 15) is 20.1 Å². The Morgan fingerprint density at radius 3 is 2.43 bits per heavy atom. The molecule has 6 N–H and O–H groups in total. The number of carbonyl (C=O) groups is 1. The molecule has 1 amide bonds. The van der Waals surface area contributed by atoms with Crippen LogP contribution in [0.1, 0.15) is 6.92 Å². The molecule has 0 aliphatic carbocycles. The topological polar surface area (TPSA) is 134 Å². The van der Waals surface area contributed by atoms with Crippen LogP contribution in [-0.2, 0) is 9.53 Å². The summed E-state index contributed by atoms with van der Waals surface area (Å²) in [6.07, 6.45) is -4.76. The maximum absolute atomic E-state index is 11.3. The summed E-state index contributed by atoms with van der Waals surface area (Å²) in [6, 6.07) is 5.48. The lowest BCUT2D eigenvalue weighted by Gasteiger charge is -2.42. The zero-order chi connectivity index (χ0) is 16.3. The number of nitrogen functional groups attached to an aromatic ring is 1. The number of benzene rings is 1. The summed E-state index contributed by atoms with van der Waals surface area (Å²) in [6.45, 7) is 0.782. The molecule has 130 valence electrons. The molecule has 1 aromatic rings. The van der Waals surface area contributed by atoms with E-state index in [1.54, 1.807) is 24.3 Å². The molecule has 0 bridgehead atoms. The Bertz CT molecular complexity index is 514. The largest absolute Gasteiger partial charge is 0.463 e. The highest BCUT2D eigenvalue weighted by molar-refractivity contribution is 5.85. The molecule has 1 saturated heterocycles. The zero-order valence-corrected chi connectivity index (χ0v) is 13.3. The second kappa shape index (κ2) is 8.32. The van der Waals surface area contributed by atoms with Gasteiger partial charge in [0.05, 0.1) is 6.61 Å². The third-order valence-corrected chi connectivity index (χ3v) is 3.38. The number of nitrogens with two attached hydrogens (primary N) is 1. The van der Waals surface area contributed by atoms with E-state index in [2.05, 4.69) is 5.32 Å².